The Kier molecular flexibility index (Phi) is 5.20. The Labute approximate surface area is 146 Å². The van der Waals surface area contributed by atoms with Gasteiger partial charge in [0.15, 0.2) is 0 Å². The minimum absolute atomic E-state index is 0.0530. The Hall–Kier alpha value is -2.27. The number of rotatable bonds is 4. The van der Waals surface area contributed by atoms with Crippen LogP contribution in [0.3, 0.4) is 0 Å². The molecule has 5 nitrogen and oxygen atoms in total. The lowest BCUT2D eigenvalue weighted by atomic mass is 9.98. The standard InChI is InChI=1S/C18H20ClN3O2/c1-24-17-6-2-13(3-7-17)14-8-9-22(12-14)18(23)21-11-16-5-4-15(19)10-20-16/h2-7,10,14H,8-9,11-12H2,1H3,(H,21,23)/t14-/m0/s1. The minimum atomic E-state index is -0.0530. The minimum Gasteiger partial charge on any atom is -0.497 e. The van der Waals surface area contributed by atoms with Gasteiger partial charge >= 0.3 is 6.03 Å². The number of nitrogens with one attached hydrogen (secondary N) is 1. The molecule has 24 heavy (non-hydrogen) atoms. The molecule has 1 aromatic heterocycles. The molecular formula is C18H20ClN3O2. The van der Waals surface area contributed by atoms with Crippen LogP contribution in [0.25, 0.3) is 0 Å². The van der Waals surface area contributed by atoms with E-state index in [-0.39, 0.29) is 6.03 Å². The second-order valence-corrected chi connectivity index (χ2v) is 6.27. The average molecular weight is 346 g/mol. The van der Waals surface area contributed by atoms with E-state index in [1.807, 2.05) is 23.1 Å². The van der Waals surface area contributed by atoms with Crippen LogP contribution >= 0.6 is 11.6 Å². The molecule has 0 spiro atoms. The lowest BCUT2D eigenvalue weighted by molar-refractivity contribution is 0.207. The predicted octanol–water partition coefficient (Wildman–Crippen LogP) is 3.44. The summed E-state index contributed by atoms with van der Waals surface area (Å²) in [5, 5.41) is 3.50. The molecule has 0 saturated carbocycles. The molecule has 1 saturated heterocycles. The highest BCUT2D eigenvalue weighted by Crippen LogP contribution is 2.28. The van der Waals surface area contributed by atoms with Gasteiger partial charge in [-0.05, 0) is 36.2 Å². The van der Waals surface area contributed by atoms with E-state index in [0.29, 0.717) is 17.5 Å². The lowest BCUT2D eigenvalue weighted by Gasteiger charge is -2.17. The van der Waals surface area contributed by atoms with Gasteiger partial charge in [0, 0.05) is 25.2 Å². The zero-order valence-electron chi connectivity index (χ0n) is 13.5. The number of methoxy groups -OCH3 is 1. The van der Waals surface area contributed by atoms with Crippen molar-refractivity contribution in [2.24, 2.45) is 0 Å². The molecule has 1 fully saturated rings. The highest BCUT2D eigenvalue weighted by molar-refractivity contribution is 6.30. The third-order valence-corrected chi connectivity index (χ3v) is 4.50. The molecule has 1 aliphatic heterocycles. The summed E-state index contributed by atoms with van der Waals surface area (Å²) < 4.78 is 5.18. The Morgan fingerprint density at radius 3 is 2.79 bits per heavy atom. The van der Waals surface area contributed by atoms with E-state index < -0.39 is 0 Å². The van der Waals surface area contributed by atoms with Crippen LogP contribution in [0.5, 0.6) is 5.75 Å². The van der Waals surface area contributed by atoms with Crippen molar-refractivity contribution in [1.29, 1.82) is 0 Å². The van der Waals surface area contributed by atoms with E-state index in [9.17, 15) is 4.79 Å². The molecule has 0 radical (unpaired) electrons. The smallest absolute Gasteiger partial charge is 0.317 e. The summed E-state index contributed by atoms with van der Waals surface area (Å²) in [4.78, 5) is 18.3. The number of urea groups is 1. The predicted molar refractivity (Wildman–Crippen MR) is 93.4 cm³/mol. The fraction of sp³-hybridized carbons (Fsp3) is 0.333. The SMILES string of the molecule is COc1ccc([C@H]2CCN(C(=O)NCc3ccc(Cl)cn3)C2)cc1. The van der Waals surface area contributed by atoms with E-state index in [2.05, 4.69) is 22.4 Å². The molecule has 1 aromatic carbocycles. The van der Waals surface area contributed by atoms with Gasteiger partial charge in [0.05, 0.1) is 24.4 Å². The maximum Gasteiger partial charge on any atom is 0.317 e. The van der Waals surface area contributed by atoms with Crippen LogP contribution < -0.4 is 10.1 Å². The molecule has 0 bridgehead atoms. The van der Waals surface area contributed by atoms with Crippen molar-refractivity contribution in [2.75, 3.05) is 20.2 Å². The molecule has 1 aliphatic rings. The number of carbonyl (C=O) groups is 1. The molecule has 2 heterocycles. The fourth-order valence-corrected chi connectivity index (χ4v) is 2.99. The van der Waals surface area contributed by atoms with Crippen LogP contribution in [0.4, 0.5) is 4.79 Å². The number of halogens is 1. The molecule has 0 unspecified atom stereocenters. The van der Waals surface area contributed by atoms with E-state index >= 15 is 0 Å². The third kappa shape index (κ3) is 3.97. The molecule has 3 rings (SSSR count). The summed E-state index contributed by atoms with van der Waals surface area (Å²) in [5.74, 6) is 1.22. The van der Waals surface area contributed by atoms with Crippen LogP contribution in [0.2, 0.25) is 5.02 Å². The quantitative estimate of drug-likeness (QED) is 0.923. The highest BCUT2D eigenvalue weighted by atomic mass is 35.5. The zero-order valence-corrected chi connectivity index (χ0v) is 14.3. The maximum atomic E-state index is 12.3. The zero-order chi connectivity index (χ0) is 16.9. The largest absolute Gasteiger partial charge is 0.497 e. The normalized spacial score (nSPS) is 16.9. The number of aromatic nitrogens is 1. The summed E-state index contributed by atoms with van der Waals surface area (Å²) in [6, 6.07) is 11.6. The Morgan fingerprint density at radius 1 is 1.33 bits per heavy atom. The first-order chi connectivity index (χ1) is 11.7. The summed E-state index contributed by atoms with van der Waals surface area (Å²) in [7, 11) is 1.66. The van der Waals surface area contributed by atoms with Crippen molar-refractivity contribution in [1.82, 2.24) is 15.2 Å². The number of benzene rings is 1. The molecule has 2 aromatic rings. The highest BCUT2D eigenvalue weighted by Gasteiger charge is 2.27. The Morgan fingerprint density at radius 2 is 2.12 bits per heavy atom. The Balaban J connectivity index is 1.52. The average Bonchev–Trinajstić information content (AvgIpc) is 3.11. The van der Waals surface area contributed by atoms with Gasteiger partial charge in [0.25, 0.3) is 0 Å². The van der Waals surface area contributed by atoms with Gasteiger partial charge in [-0.1, -0.05) is 23.7 Å². The van der Waals surface area contributed by atoms with Crippen LogP contribution in [0, 0.1) is 0 Å². The van der Waals surface area contributed by atoms with Crippen molar-refractivity contribution in [2.45, 2.75) is 18.9 Å². The monoisotopic (exact) mass is 345 g/mol. The number of likely N-dealkylation sites (tertiary alicyclic amines) is 1. The molecule has 2 amide bonds. The van der Waals surface area contributed by atoms with Crippen molar-refractivity contribution in [3.63, 3.8) is 0 Å². The molecule has 126 valence electrons. The van der Waals surface area contributed by atoms with Crippen LogP contribution in [-0.2, 0) is 6.54 Å². The van der Waals surface area contributed by atoms with Crippen molar-refractivity contribution < 1.29 is 9.53 Å². The van der Waals surface area contributed by atoms with E-state index in [1.54, 1.807) is 19.4 Å². The number of ether oxygens (including phenoxy) is 1. The topological polar surface area (TPSA) is 54.5 Å². The lowest BCUT2D eigenvalue weighted by Crippen LogP contribution is -2.38. The number of carbonyl (C=O) groups excluding carboxylic acids is 1. The number of amides is 2. The molecule has 0 aliphatic carbocycles. The van der Waals surface area contributed by atoms with Gasteiger partial charge in [-0.3, -0.25) is 4.98 Å². The number of nitrogens with zero attached hydrogens (tertiary/aromatic N) is 2. The molecule has 1 N–H and O–H groups in total. The molecule has 1 atom stereocenters. The maximum absolute atomic E-state index is 12.3. The summed E-state index contributed by atoms with van der Waals surface area (Å²) in [6.07, 6.45) is 2.55. The van der Waals surface area contributed by atoms with E-state index in [0.717, 1.165) is 31.0 Å². The van der Waals surface area contributed by atoms with Crippen LogP contribution in [0.15, 0.2) is 42.6 Å². The third-order valence-electron chi connectivity index (χ3n) is 4.27. The van der Waals surface area contributed by atoms with E-state index in [4.69, 9.17) is 16.3 Å². The Bertz CT molecular complexity index is 688. The first-order valence-electron chi connectivity index (χ1n) is 7.93. The second-order valence-electron chi connectivity index (χ2n) is 5.83. The van der Waals surface area contributed by atoms with Crippen molar-refractivity contribution >= 4 is 17.6 Å². The van der Waals surface area contributed by atoms with Gasteiger partial charge in [0.2, 0.25) is 0 Å². The summed E-state index contributed by atoms with van der Waals surface area (Å²) >= 11 is 5.81. The van der Waals surface area contributed by atoms with Gasteiger partial charge < -0.3 is 15.0 Å². The first kappa shape index (κ1) is 16.6. The van der Waals surface area contributed by atoms with Gasteiger partial charge in [-0.25, -0.2) is 4.79 Å². The number of pyridine rings is 1. The van der Waals surface area contributed by atoms with Crippen LogP contribution in [0.1, 0.15) is 23.6 Å². The number of hydrogen-bond acceptors (Lipinski definition) is 3. The van der Waals surface area contributed by atoms with Crippen molar-refractivity contribution in [3.8, 4) is 5.75 Å². The van der Waals surface area contributed by atoms with E-state index in [1.165, 1.54) is 5.56 Å². The van der Waals surface area contributed by atoms with Gasteiger partial charge in [-0.2, -0.15) is 0 Å². The molecule has 6 heteroatoms. The summed E-state index contributed by atoms with van der Waals surface area (Å²) in [6.45, 7) is 1.89. The second kappa shape index (κ2) is 7.53. The van der Waals surface area contributed by atoms with Crippen molar-refractivity contribution in [3.05, 3.63) is 58.9 Å². The number of hydrogen-bond donors (Lipinski definition) is 1. The van der Waals surface area contributed by atoms with Gasteiger partial charge in [0.1, 0.15) is 5.75 Å². The van der Waals surface area contributed by atoms with Crippen LogP contribution in [-0.4, -0.2) is 36.1 Å². The first-order valence-corrected chi connectivity index (χ1v) is 8.30. The van der Waals surface area contributed by atoms with Gasteiger partial charge in [-0.15, -0.1) is 0 Å². The molecular weight excluding hydrogens is 326 g/mol. The summed E-state index contributed by atoms with van der Waals surface area (Å²) in [5.41, 5.74) is 2.03. The fourth-order valence-electron chi connectivity index (χ4n) is 2.88.